The van der Waals surface area contributed by atoms with Crippen molar-refractivity contribution in [2.24, 2.45) is 5.73 Å². The van der Waals surface area contributed by atoms with Gasteiger partial charge < -0.3 is 20.7 Å². The van der Waals surface area contributed by atoms with Crippen molar-refractivity contribution >= 4 is 0 Å². The van der Waals surface area contributed by atoms with Crippen molar-refractivity contribution in [3.63, 3.8) is 0 Å². The van der Waals surface area contributed by atoms with Crippen molar-refractivity contribution in [3.05, 3.63) is 22.8 Å². The Morgan fingerprint density at radius 2 is 2.00 bits per heavy atom. The minimum Gasteiger partial charge on any atom is -0.507 e. The van der Waals surface area contributed by atoms with Crippen LogP contribution in [0.2, 0.25) is 0 Å². The summed E-state index contributed by atoms with van der Waals surface area (Å²) in [6, 6.07) is 1.08. The van der Waals surface area contributed by atoms with Gasteiger partial charge in [0.25, 0.3) is 0 Å². The van der Waals surface area contributed by atoms with Crippen LogP contribution in [0.4, 0.5) is 0 Å². The van der Waals surface area contributed by atoms with E-state index in [1.54, 1.807) is 20.1 Å². The average molecular weight is 211 g/mol. The van der Waals surface area contributed by atoms with Crippen molar-refractivity contribution in [1.82, 2.24) is 0 Å². The summed E-state index contributed by atoms with van der Waals surface area (Å²) >= 11 is 0. The van der Waals surface area contributed by atoms with E-state index in [4.69, 9.17) is 15.6 Å². The lowest BCUT2D eigenvalue weighted by Crippen LogP contribution is -2.15. The molecule has 4 nitrogen and oxygen atoms in total. The molecule has 0 saturated carbocycles. The predicted octanol–water partition coefficient (Wildman–Crippen LogP) is 1.01. The zero-order valence-electron chi connectivity index (χ0n) is 9.24. The van der Waals surface area contributed by atoms with E-state index in [2.05, 4.69) is 0 Å². The number of phenolic OH excluding ortho intramolecular Hbond substituents is 1. The average Bonchev–Trinajstić information content (AvgIpc) is 2.25. The van der Waals surface area contributed by atoms with Gasteiger partial charge in [0.1, 0.15) is 11.5 Å². The fraction of sp³-hybridized carbons (Fsp3) is 0.455. The standard InChI is InChI=1S/C11H17NO3/c1-6-7(2)11(14)8(9(12)5-13)4-10(6)15-3/h4,9,13-14H,5,12H2,1-3H3/t9-/m1/s1. The molecule has 4 N–H and O–H groups in total. The molecule has 0 heterocycles. The zero-order chi connectivity index (χ0) is 11.6. The van der Waals surface area contributed by atoms with Crippen LogP contribution in [0.15, 0.2) is 6.07 Å². The number of nitrogens with two attached hydrogens (primary N) is 1. The number of phenols is 1. The van der Waals surface area contributed by atoms with Crippen LogP contribution in [0.1, 0.15) is 22.7 Å². The first-order chi connectivity index (χ1) is 7.02. The first kappa shape index (κ1) is 11.8. The second kappa shape index (κ2) is 4.51. The highest BCUT2D eigenvalue weighted by Gasteiger charge is 2.16. The lowest BCUT2D eigenvalue weighted by atomic mass is 9.99. The number of benzene rings is 1. The largest absolute Gasteiger partial charge is 0.507 e. The Kier molecular flexibility index (Phi) is 3.55. The number of rotatable bonds is 3. The third-order valence-corrected chi connectivity index (χ3v) is 2.66. The molecule has 4 heteroatoms. The molecule has 0 bridgehead atoms. The van der Waals surface area contributed by atoms with Crippen molar-refractivity contribution < 1.29 is 14.9 Å². The van der Waals surface area contributed by atoms with Crippen molar-refractivity contribution in [2.75, 3.05) is 13.7 Å². The van der Waals surface area contributed by atoms with E-state index < -0.39 is 6.04 Å². The Morgan fingerprint density at radius 3 is 2.47 bits per heavy atom. The zero-order valence-corrected chi connectivity index (χ0v) is 9.24. The van der Waals surface area contributed by atoms with E-state index >= 15 is 0 Å². The van der Waals surface area contributed by atoms with E-state index in [1.807, 2.05) is 6.92 Å². The number of methoxy groups -OCH3 is 1. The monoisotopic (exact) mass is 211 g/mol. The third-order valence-electron chi connectivity index (χ3n) is 2.66. The molecular weight excluding hydrogens is 194 g/mol. The summed E-state index contributed by atoms with van der Waals surface area (Å²) in [4.78, 5) is 0. The Morgan fingerprint density at radius 1 is 1.40 bits per heavy atom. The maximum atomic E-state index is 9.85. The van der Waals surface area contributed by atoms with Gasteiger partial charge in [-0.1, -0.05) is 0 Å². The van der Waals surface area contributed by atoms with Gasteiger partial charge in [0.15, 0.2) is 0 Å². The molecule has 0 unspecified atom stereocenters. The van der Waals surface area contributed by atoms with Gasteiger partial charge in [-0.25, -0.2) is 0 Å². The summed E-state index contributed by atoms with van der Waals surface area (Å²) in [5.74, 6) is 0.805. The maximum absolute atomic E-state index is 9.85. The summed E-state index contributed by atoms with van der Waals surface area (Å²) in [5, 5.41) is 18.8. The fourth-order valence-corrected chi connectivity index (χ4v) is 1.49. The molecule has 0 spiro atoms. The SMILES string of the molecule is COc1cc([C@H](N)CO)c(O)c(C)c1C. The molecule has 0 amide bonds. The molecule has 0 radical (unpaired) electrons. The van der Waals surface area contributed by atoms with Gasteiger partial charge in [-0.3, -0.25) is 0 Å². The summed E-state index contributed by atoms with van der Waals surface area (Å²) in [5.41, 5.74) is 7.79. The van der Waals surface area contributed by atoms with Gasteiger partial charge in [-0.15, -0.1) is 0 Å². The van der Waals surface area contributed by atoms with Gasteiger partial charge >= 0.3 is 0 Å². The van der Waals surface area contributed by atoms with Crippen molar-refractivity contribution in [2.45, 2.75) is 19.9 Å². The molecule has 84 valence electrons. The predicted molar refractivity (Wildman–Crippen MR) is 58.1 cm³/mol. The smallest absolute Gasteiger partial charge is 0.123 e. The molecule has 0 aliphatic carbocycles. The summed E-state index contributed by atoms with van der Waals surface area (Å²) in [7, 11) is 1.56. The van der Waals surface area contributed by atoms with Crippen LogP contribution >= 0.6 is 0 Å². The highest BCUT2D eigenvalue weighted by Crippen LogP contribution is 2.34. The molecule has 0 aromatic heterocycles. The van der Waals surface area contributed by atoms with E-state index in [0.717, 1.165) is 11.1 Å². The minimum atomic E-state index is -0.585. The second-order valence-electron chi connectivity index (χ2n) is 3.56. The van der Waals surface area contributed by atoms with Crippen LogP contribution in [0.3, 0.4) is 0 Å². The molecule has 0 aliphatic rings. The summed E-state index contributed by atoms with van der Waals surface area (Å²) in [6.07, 6.45) is 0. The van der Waals surface area contributed by atoms with Crippen LogP contribution in [-0.4, -0.2) is 23.9 Å². The number of hydrogen-bond donors (Lipinski definition) is 3. The highest BCUT2D eigenvalue weighted by atomic mass is 16.5. The lowest BCUT2D eigenvalue weighted by molar-refractivity contribution is 0.264. The van der Waals surface area contributed by atoms with E-state index in [-0.39, 0.29) is 12.4 Å². The molecule has 1 aromatic carbocycles. The van der Waals surface area contributed by atoms with E-state index in [9.17, 15) is 5.11 Å². The molecule has 0 fully saturated rings. The van der Waals surface area contributed by atoms with Gasteiger partial charge in [0.2, 0.25) is 0 Å². The Balaban J connectivity index is 3.35. The van der Waals surface area contributed by atoms with Gasteiger partial charge in [0, 0.05) is 5.56 Å². The minimum absolute atomic E-state index is 0.134. The number of aliphatic hydroxyl groups is 1. The van der Waals surface area contributed by atoms with Crippen molar-refractivity contribution in [3.8, 4) is 11.5 Å². The summed E-state index contributed by atoms with van der Waals surface area (Å²) in [6.45, 7) is 3.45. The highest BCUT2D eigenvalue weighted by molar-refractivity contribution is 5.52. The normalized spacial score (nSPS) is 12.6. The molecule has 1 aromatic rings. The van der Waals surface area contributed by atoms with Crippen LogP contribution in [0.5, 0.6) is 11.5 Å². The van der Waals surface area contributed by atoms with Crippen LogP contribution < -0.4 is 10.5 Å². The number of aromatic hydroxyl groups is 1. The topological polar surface area (TPSA) is 75.7 Å². The van der Waals surface area contributed by atoms with Gasteiger partial charge in [-0.2, -0.15) is 0 Å². The van der Waals surface area contributed by atoms with Gasteiger partial charge in [-0.05, 0) is 31.0 Å². The van der Waals surface area contributed by atoms with E-state index in [1.165, 1.54) is 0 Å². The molecule has 0 aliphatic heterocycles. The third kappa shape index (κ3) is 2.06. The number of aliphatic hydroxyl groups excluding tert-OH is 1. The Hall–Kier alpha value is -1.26. The van der Waals surface area contributed by atoms with Crippen LogP contribution in [-0.2, 0) is 0 Å². The van der Waals surface area contributed by atoms with Crippen LogP contribution in [0.25, 0.3) is 0 Å². The number of hydrogen-bond acceptors (Lipinski definition) is 4. The Bertz CT molecular complexity index is 363. The fourth-order valence-electron chi connectivity index (χ4n) is 1.49. The van der Waals surface area contributed by atoms with Crippen LogP contribution in [0, 0.1) is 13.8 Å². The lowest BCUT2D eigenvalue weighted by Gasteiger charge is -2.17. The summed E-state index contributed by atoms with van der Waals surface area (Å²) < 4.78 is 5.17. The second-order valence-corrected chi connectivity index (χ2v) is 3.56. The van der Waals surface area contributed by atoms with Crippen molar-refractivity contribution in [1.29, 1.82) is 0 Å². The molecule has 1 rings (SSSR count). The molecular formula is C11H17NO3. The first-order valence-corrected chi connectivity index (χ1v) is 4.76. The maximum Gasteiger partial charge on any atom is 0.123 e. The first-order valence-electron chi connectivity index (χ1n) is 4.76. The molecule has 15 heavy (non-hydrogen) atoms. The Labute approximate surface area is 89.3 Å². The number of ether oxygens (including phenoxy) is 1. The molecule has 0 saturated heterocycles. The van der Waals surface area contributed by atoms with Gasteiger partial charge in [0.05, 0.1) is 19.8 Å². The quantitative estimate of drug-likeness (QED) is 0.697. The molecule has 1 atom stereocenters. The van der Waals surface area contributed by atoms with E-state index in [0.29, 0.717) is 11.3 Å².